The minimum Gasteiger partial charge on any atom is -0.485 e. The van der Waals surface area contributed by atoms with Crippen molar-refractivity contribution < 1.29 is 13.9 Å². The van der Waals surface area contributed by atoms with E-state index < -0.39 is 0 Å². The van der Waals surface area contributed by atoms with E-state index in [0.717, 1.165) is 0 Å². The van der Waals surface area contributed by atoms with Crippen molar-refractivity contribution in [3.63, 3.8) is 0 Å². The fourth-order valence-corrected chi connectivity index (χ4v) is 2.81. The quantitative estimate of drug-likeness (QED) is 0.826. The molecule has 5 nitrogen and oxygen atoms in total. The molecule has 1 aromatic heterocycles. The lowest BCUT2D eigenvalue weighted by molar-refractivity contribution is 0.0931. The topological polar surface area (TPSA) is 55.6 Å². The molecule has 1 aliphatic heterocycles. The van der Waals surface area contributed by atoms with E-state index in [2.05, 4.69) is 4.98 Å². The van der Waals surface area contributed by atoms with E-state index in [-0.39, 0.29) is 23.7 Å². The van der Waals surface area contributed by atoms with Crippen LogP contribution in [0, 0.1) is 6.92 Å². The summed E-state index contributed by atoms with van der Waals surface area (Å²) in [5.74, 6) is 1.27. The first kappa shape index (κ1) is 15.9. The molecule has 1 aromatic carbocycles. The zero-order valence-corrected chi connectivity index (χ0v) is 14.3. The third-order valence-electron chi connectivity index (χ3n) is 3.74. The third-order valence-corrected chi connectivity index (χ3v) is 4.04. The van der Waals surface area contributed by atoms with Crippen LogP contribution < -0.4 is 9.64 Å². The molecule has 1 unspecified atom stereocenters. The molecule has 122 valence electrons. The van der Waals surface area contributed by atoms with Crippen molar-refractivity contribution in [3.05, 3.63) is 40.6 Å². The lowest BCUT2D eigenvalue weighted by atomic mass is 10.1. The zero-order valence-electron chi connectivity index (χ0n) is 13.6. The predicted octanol–water partition coefficient (Wildman–Crippen LogP) is 4.19. The number of carbonyl (C=O) groups is 1. The van der Waals surface area contributed by atoms with Gasteiger partial charge in [-0.2, -0.15) is 0 Å². The normalized spacial score (nSPS) is 17.1. The maximum Gasteiger partial charge on any atom is 0.296 e. The fraction of sp³-hybridized carbons (Fsp3) is 0.412. The van der Waals surface area contributed by atoms with Gasteiger partial charge in [-0.25, -0.2) is 4.98 Å². The number of hydrogen-bond acceptors (Lipinski definition) is 4. The highest BCUT2D eigenvalue weighted by molar-refractivity contribution is 6.32. The Kier molecular flexibility index (Phi) is 4.06. The lowest BCUT2D eigenvalue weighted by Gasteiger charge is -2.33. The number of amides is 1. The number of para-hydroxylation sites is 1. The maximum atomic E-state index is 13.0. The van der Waals surface area contributed by atoms with Crippen LogP contribution in [0.25, 0.3) is 0 Å². The van der Waals surface area contributed by atoms with E-state index in [4.69, 9.17) is 20.8 Å². The third kappa shape index (κ3) is 2.81. The molecule has 3 rings (SSSR count). The highest BCUT2D eigenvalue weighted by atomic mass is 35.5. The number of rotatable bonds is 2. The Morgan fingerprint density at radius 3 is 2.83 bits per heavy atom. The SMILES string of the molecule is Cc1nc(C(C)C)oc1C(=O)N1CC(C)Oc2c(Cl)cccc21. The van der Waals surface area contributed by atoms with Crippen molar-refractivity contribution in [1.82, 2.24) is 4.98 Å². The summed E-state index contributed by atoms with van der Waals surface area (Å²) in [7, 11) is 0. The summed E-state index contributed by atoms with van der Waals surface area (Å²) in [4.78, 5) is 19.0. The molecule has 0 saturated carbocycles. The number of fused-ring (bicyclic) bond motifs is 1. The molecule has 6 heteroatoms. The van der Waals surface area contributed by atoms with Gasteiger partial charge in [0, 0.05) is 5.92 Å². The molecule has 0 spiro atoms. The highest BCUT2D eigenvalue weighted by Gasteiger charge is 2.32. The van der Waals surface area contributed by atoms with Gasteiger partial charge in [0.15, 0.2) is 11.6 Å². The van der Waals surface area contributed by atoms with Gasteiger partial charge in [0.2, 0.25) is 5.76 Å². The second kappa shape index (κ2) is 5.89. The van der Waals surface area contributed by atoms with Gasteiger partial charge in [-0.15, -0.1) is 0 Å². The molecule has 2 aromatic rings. The largest absolute Gasteiger partial charge is 0.485 e. The van der Waals surface area contributed by atoms with E-state index >= 15 is 0 Å². The summed E-state index contributed by atoms with van der Waals surface area (Å²) < 4.78 is 11.5. The fourth-order valence-electron chi connectivity index (χ4n) is 2.60. The molecule has 1 aliphatic rings. The lowest BCUT2D eigenvalue weighted by Crippen LogP contribution is -2.42. The molecular weight excluding hydrogens is 316 g/mol. The first-order chi connectivity index (χ1) is 10.9. The van der Waals surface area contributed by atoms with Crippen LogP contribution >= 0.6 is 11.6 Å². The summed E-state index contributed by atoms with van der Waals surface area (Å²) >= 11 is 6.20. The molecule has 1 amide bonds. The summed E-state index contributed by atoms with van der Waals surface area (Å²) in [5, 5.41) is 0.490. The van der Waals surface area contributed by atoms with Crippen LogP contribution in [0.5, 0.6) is 5.75 Å². The molecule has 2 heterocycles. The molecule has 0 fully saturated rings. The van der Waals surface area contributed by atoms with Crippen LogP contribution in [-0.4, -0.2) is 23.5 Å². The Morgan fingerprint density at radius 1 is 1.43 bits per heavy atom. The standard InChI is InChI=1S/C17H19ClN2O3/c1-9(2)16-19-11(4)14(23-16)17(21)20-8-10(3)22-15-12(18)6-5-7-13(15)20/h5-7,9-10H,8H2,1-4H3. The van der Waals surface area contributed by atoms with Gasteiger partial charge in [-0.1, -0.05) is 31.5 Å². The number of benzene rings is 1. The minimum absolute atomic E-state index is 0.126. The second-order valence-electron chi connectivity index (χ2n) is 6.05. The Labute approximate surface area is 140 Å². The van der Waals surface area contributed by atoms with Crippen molar-refractivity contribution in [2.75, 3.05) is 11.4 Å². The monoisotopic (exact) mass is 334 g/mol. The Hall–Kier alpha value is -2.01. The number of aryl methyl sites for hydroxylation is 1. The van der Waals surface area contributed by atoms with Gasteiger partial charge in [0.25, 0.3) is 5.91 Å². The minimum atomic E-state index is -0.222. The number of hydrogen-bond donors (Lipinski definition) is 0. The van der Waals surface area contributed by atoms with E-state index in [1.807, 2.05) is 26.8 Å². The van der Waals surface area contributed by atoms with Crippen LogP contribution in [0.3, 0.4) is 0 Å². The van der Waals surface area contributed by atoms with E-state index in [1.54, 1.807) is 24.0 Å². The number of halogens is 1. The summed E-state index contributed by atoms with van der Waals surface area (Å²) in [6.07, 6.45) is -0.154. The van der Waals surface area contributed by atoms with Crippen molar-refractivity contribution >= 4 is 23.2 Å². The molecule has 0 bridgehead atoms. The van der Waals surface area contributed by atoms with Crippen molar-refractivity contribution in [2.45, 2.75) is 39.7 Å². The maximum absolute atomic E-state index is 13.0. The molecule has 0 saturated heterocycles. The summed E-state index contributed by atoms with van der Waals surface area (Å²) in [5.41, 5.74) is 1.25. The first-order valence-electron chi connectivity index (χ1n) is 7.62. The summed E-state index contributed by atoms with van der Waals surface area (Å²) in [6.45, 7) is 8.07. The average molecular weight is 335 g/mol. The number of anilines is 1. The Balaban J connectivity index is 2.02. The molecule has 0 radical (unpaired) electrons. The van der Waals surface area contributed by atoms with Crippen LogP contribution in [0.1, 0.15) is 48.8 Å². The van der Waals surface area contributed by atoms with Crippen molar-refractivity contribution in [3.8, 4) is 5.75 Å². The van der Waals surface area contributed by atoms with Gasteiger partial charge in [0.1, 0.15) is 6.10 Å². The molecule has 0 N–H and O–H groups in total. The van der Waals surface area contributed by atoms with Gasteiger partial charge in [0.05, 0.1) is 22.9 Å². The first-order valence-corrected chi connectivity index (χ1v) is 8.00. The zero-order chi connectivity index (χ0) is 16.7. The molecule has 1 atom stereocenters. The predicted molar refractivity (Wildman–Crippen MR) is 88.5 cm³/mol. The number of aromatic nitrogens is 1. The number of nitrogens with zero attached hydrogens (tertiary/aromatic N) is 2. The van der Waals surface area contributed by atoms with Crippen molar-refractivity contribution in [2.24, 2.45) is 0 Å². The van der Waals surface area contributed by atoms with E-state index in [9.17, 15) is 4.79 Å². The van der Waals surface area contributed by atoms with Crippen LogP contribution in [-0.2, 0) is 0 Å². The number of ether oxygens (including phenoxy) is 1. The van der Waals surface area contributed by atoms with Crippen LogP contribution in [0.4, 0.5) is 5.69 Å². The van der Waals surface area contributed by atoms with E-state index in [0.29, 0.717) is 34.6 Å². The average Bonchev–Trinajstić information content (AvgIpc) is 2.89. The van der Waals surface area contributed by atoms with Crippen molar-refractivity contribution in [1.29, 1.82) is 0 Å². The van der Waals surface area contributed by atoms with Gasteiger partial charge in [-0.3, -0.25) is 9.69 Å². The van der Waals surface area contributed by atoms with Gasteiger partial charge >= 0.3 is 0 Å². The molecule has 23 heavy (non-hydrogen) atoms. The number of carbonyl (C=O) groups excluding carboxylic acids is 1. The Bertz CT molecular complexity index is 754. The van der Waals surface area contributed by atoms with E-state index in [1.165, 1.54) is 0 Å². The molecule has 0 aliphatic carbocycles. The second-order valence-corrected chi connectivity index (χ2v) is 6.46. The van der Waals surface area contributed by atoms with Crippen LogP contribution in [0.15, 0.2) is 22.6 Å². The number of oxazole rings is 1. The molecular formula is C17H19ClN2O3. The van der Waals surface area contributed by atoms with Gasteiger partial charge < -0.3 is 9.15 Å². The smallest absolute Gasteiger partial charge is 0.296 e. The highest BCUT2D eigenvalue weighted by Crippen LogP contribution is 2.40. The van der Waals surface area contributed by atoms with Crippen LogP contribution in [0.2, 0.25) is 5.02 Å². The Morgan fingerprint density at radius 2 is 2.17 bits per heavy atom. The van der Waals surface area contributed by atoms with Gasteiger partial charge in [-0.05, 0) is 26.0 Å². The summed E-state index contributed by atoms with van der Waals surface area (Å²) in [6, 6.07) is 5.37.